The van der Waals surface area contributed by atoms with Crippen molar-refractivity contribution in [3.8, 4) is 0 Å². The third-order valence-corrected chi connectivity index (χ3v) is 4.16. The number of amidine groups is 1. The average Bonchev–Trinajstić information content (AvgIpc) is 2.53. The van der Waals surface area contributed by atoms with Crippen LogP contribution in [0, 0.1) is 10.1 Å². The third-order valence-electron chi connectivity index (χ3n) is 4.16. The van der Waals surface area contributed by atoms with E-state index in [2.05, 4.69) is 35.0 Å². The Morgan fingerprint density at radius 2 is 1.86 bits per heavy atom. The van der Waals surface area contributed by atoms with E-state index in [4.69, 9.17) is 0 Å². The highest BCUT2D eigenvalue weighted by Crippen LogP contribution is 2.30. The molecular weight excluding hydrogens is 278 g/mol. The predicted molar refractivity (Wildman–Crippen MR) is 86.5 cm³/mol. The van der Waals surface area contributed by atoms with Crippen molar-refractivity contribution >= 4 is 17.2 Å². The molecule has 1 atom stereocenters. The van der Waals surface area contributed by atoms with Gasteiger partial charge in [0.1, 0.15) is 5.84 Å². The molecule has 3 rings (SSSR count). The number of likely N-dealkylation sites (N-methyl/N-ethyl adjacent to an activating group) is 1. The lowest BCUT2D eigenvalue weighted by molar-refractivity contribution is -0.384. The van der Waals surface area contributed by atoms with Crippen LogP contribution in [0.5, 0.6) is 0 Å². The highest BCUT2D eigenvalue weighted by molar-refractivity contribution is 5.88. The quantitative estimate of drug-likeness (QED) is 0.624. The van der Waals surface area contributed by atoms with Gasteiger partial charge in [-0.2, -0.15) is 0 Å². The van der Waals surface area contributed by atoms with Crippen LogP contribution in [-0.4, -0.2) is 22.7 Å². The molecule has 0 N–H and O–H groups in total. The second kappa shape index (κ2) is 5.60. The molecule has 1 unspecified atom stereocenters. The van der Waals surface area contributed by atoms with E-state index in [1.807, 2.05) is 13.1 Å². The molecule has 5 nitrogen and oxygen atoms in total. The van der Waals surface area contributed by atoms with Crippen molar-refractivity contribution in [3.05, 3.63) is 69.8 Å². The van der Waals surface area contributed by atoms with Crippen LogP contribution in [-0.2, 0) is 6.42 Å². The molecule has 0 aliphatic carbocycles. The Balaban J connectivity index is 1.93. The fourth-order valence-corrected chi connectivity index (χ4v) is 2.75. The van der Waals surface area contributed by atoms with E-state index in [0.29, 0.717) is 0 Å². The summed E-state index contributed by atoms with van der Waals surface area (Å²) in [4.78, 5) is 17.1. The van der Waals surface area contributed by atoms with Gasteiger partial charge in [0.15, 0.2) is 0 Å². The van der Waals surface area contributed by atoms with Gasteiger partial charge in [-0.05, 0) is 30.2 Å². The largest absolute Gasteiger partial charge is 0.356 e. The first-order valence-electron chi connectivity index (χ1n) is 7.19. The van der Waals surface area contributed by atoms with E-state index in [1.165, 1.54) is 23.3 Å². The molecule has 1 aliphatic heterocycles. The fourth-order valence-electron chi connectivity index (χ4n) is 2.75. The molecule has 0 amide bonds. The van der Waals surface area contributed by atoms with E-state index < -0.39 is 4.92 Å². The smallest absolute Gasteiger partial charge is 0.269 e. The Morgan fingerprint density at radius 1 is 1.18 bits per heavy atom. The van der Waals surface area contributed by atoms with E-state index in [0.717, 1.165) is 17.9 Å². The molecular formula is C17H17N3O2. The Labute approximate surface area is 129 Å². The molecule has 0 fully saturated rings. The maximum absolute atomic E-state index is 10.7. The van der Waals surface area contributed by atoms with Gasteiger partial charge in [0, 0.05) is 25.6 Å². The number of nitro groups is 1. The summed E-state index contributed by atoms with van der Waals surface area (Å²) in [5.74, 6) is 0.972. The highest BCUT2D eigenvalue weighted by Gasteiger charge is 2.24. The summed E-state index contributed by atoms with van der Waals surface area (Å²) >= 11 is 0. The number of fused-ring (bicyclic) bond motifs is 1. The van der Waals surface area contributed by atoms with Crippen LogP contribution < -0.4 is 0 Å². The van der Waals surface area contributed by atoms with Crippen molar-refractivity contribution in [2.24, 2.45) is 4.99 Å². The lowest BCUT2D eigenvalue weighted by atomic mass is 9.93. The zero-order chi connectivity index (χ0) is 15.7. The van der Waals surface area contributed by atoms with Gasteiger partial charge in [-0.25, -0.2) is 4.99 Å². The zero-order valence-electron chi connectivity index (χ0n) is 12.6. The number of aliphatic imine (C=N–C) groups is 1. The lowest BCUT2D eigenvalue weighted by Crippen LogP contribution is -2.35. The minimum absolute atomic E-state index is 0.0830. The second-order valence-corrected chi connectivity index (χ2v) is 5.46. The minimum atomic E-state index is -0.401. The van der Waals surface area contributed by atoms with Gasteiger partial charge < -0.3 is 4.90 Å². The maximum Gasteiger partial charge on any atom is 0.269 e. The molecule has 0 bridgehead atoms. The lowest BCUT2D eigenvalue weighted by Gasteiger charge is -2.35. The van der Waals surface area contributed by atoms with Crippen LogP contribution >= 0.6 is 0 Å². The standard InChI is InChI=1S/C17H17N3O2/c1-12-16-6-4-3-5-13(16)11-17(19(12)2)18-14-7-9-15(10-8-14)20(21)22/h3-10,12H,11H2,1-2H3. The van der Waals surface area contributed by atoms with Crippen molar-refractivity contribution in [2.75, 3.05) is 7.05 Å². The number of hydrogen-bond acceptors (Lipinski definition) is 3. The van der Waals surface area contributed by atoms with Crippen molar-refractivity contribution < 1.29 is 4.92 Å². The highest BCUT2D eigenvalue weighted by atomic mass is 16.6. The summed E-state index contributed by atoms with van der Waals surface area (Å²) in [6.45, 7) is 2.16. The SMILES string of the molecule is CC1c2ccccc2CC(=Nc2ccc([N+](=O)[O-])cc2)N1C. The number of rotatable bonds is 2. The van der Waals surface area contributed by atoms with Gasteiger partial charge in [-0.15, -0.1) is 0 Å². The first kappa shape index (κ1) is 14.3. The van der Waals surface area contributed by atoms with Crippen LogP contribution in [0.15, 0.2) is 53.5 Å². The first-order valence-corrected chi connectivity index (χ1v) is 7.19. The number of benzene rings is 2. The molecule has 112 valence electrons. The zero-order valence-corrected chi connectivity index (χ0v) is 12.6. The Hall–Kier alpha value is -2.69. The Kier molecular flexibility index (Phi) is 3.63. The molecule has 1 heterocycles. The summed E-state index contributed by atoms with van der Waals surface area (Å²) in [7, 11) is 2.03. The number of non-ortho nitro benzene ring substituents is 1. The summed E-state index contributed by atoms with van der Waals surface area (Å²) in [6, 6.07) is 15.0. The van der Waals surface area contributed by atoms with Crippen molar-refractivity contribution in [1.82, 2.24) is 4.90 Å². The fraction of sp³-hybridized carbons (Fsp3) is 0.235. The molecule has 22 heavy (non-hydrogen) atoms. The molecule has 0 saturated carbocycles. The van der Waals surface area contributed by atoms with Crippen molar-refractivity contribution in [3.63, 3.8) is 0 Å². The van der Waals surface area contributed by atoms with E-state index >= 15 is 0 Å². The van der Waals surface area contributed by atoms with Gasteiger partial charge in [0.05, 0.1) is 16.7 Å². The molecule has 0 saturated heterocycles. The first-order chi connectivity index (χ1) is 10.6. The van der Waals surface area contributed by atoms with Gasteiger partial charge in [0.25, 0.3) is 5.69 Å². The van der Waals surface area contributed by atoms with Crippen LogP contribution in [0.1, 0.15) is 24.1 Å². The maximum atomic E-state index is 10.7. The Bertz CT molecular complexity index is 738. The van der Waals surface area contributed by atoms with Crippen molar-refractivity contribution in [1.29, 1.82) is 0 Å². The van der Waals surface area contributed by atoms with Crippen LogP contribution in [0.3, 0.4) is 0 Å². The van der Waals surface area contributed by atoms with Gasteiger partial charge in [0.2, 0.25) is 0 Å². The number of nitro benzene ring substituents is 1. The van der Waals surface area contributed by atoms with Gasteiger partial charge in [-0.1, -0.05) is 24.3 Å². The topological polar surface area (TPSA) is 58.7 Å². The molecule has 5 heteroatoms. The number of hydrogen-bond donors (Lipinski definition) is 0. The normalized spacial score (nSPS) is 19.1. The molecule has 1 aliphatic rings. The third kappa shape index (κ3) is 2.57. The summed E-state index contributed by atoms with van der Waals surface area (Å²) in [6.07, 6.45) is 0.772. The molecule has 0 radical (unpaired) electrons. The van der Waals surface area contributed by atoms with Crippen LogP contribution in [0.25, 0.3) is 0 Å². The molecule has 2 aromatic carbocycles. The van der Waals surface area contributed by atoms with Crippen molar-refractivity contribution in [2.45, 2.75) is 19.4 Å². The number of nitrogens with zero attached hydrogens (tertiary/aromatic N) is 3. The summed E-state index contributed by atoms with van der Waals surface area (Å²) in [5.41, 5.74) is 3.43. The molecule has 0 aromatic heterocycles. The predicted octanol–water partition coefficient (Wildman–Crippen LogP) is 3.87. The van der Waals surface area contributed by atoms with Gasteiger partial charge >= 0.3 is 0 Å². The minimum Gasteiger partial charge on any atom is -0.356 e. The summed E-state index contributed by atoms with van der Waals surface area (Å²) in [5, 5.41) is 10.7. The molecule has 0 spiro atoms. The van der Waals surface area contributed by atoms with Crippen LogP contribution in [0.2, 0.25) is 0 Å². The average molecular weight is 295 g/mol. The summed E-state index contributed by atoms with van der Waals surface area (Å²) < 4.78 is 0. The van der Waals surface area contributed by atoms with Crippen LogP contribution in [0.4, 0.5) is 11.4 Å². The van der Waals surface area contributed by atoms with Gasteiger partial charge in [-0.3, -0.25) is 10.1 Å². The molecule has 2 aromatic rings. The van der Waals surface area contributed by atoms with E-state index in [-0.39, 0.29) is 11.7 Å². The Morgan fingerprint density at radius 3 is 2.55 bits per heavy atom. The van der Waals surface area contributed by atoms with E-state index in [9.17, 15) is 10.1 Å². The van der Waals surface area contributed by atoms with E-state index in [1.54, 1.807) is 12.1 Å². The second-order valence-electron chi connectivity index (χ2n) is 5.46. The monoisotopic (exact) mass is 295 g/mol.